The summed E-state index contributed by atoms with van der Waals surface area (Å²) in [6.07, 6.45) is -3.35. The fourth-order valence-corrected chi connectivity index (χ4v) is 1.67. The van der Waals surface area contributed by atoms with Crippen molar-refractivity contribution in [1.82, 2.24) is 4.98 Å². The molecule has 1 aromatic heterocycles. The lowest BCUT2D eigenvalue weighted by Crippen LogP contribution is -2.17. The van der Waals surface area contributed by atoms with Gasteiger partial charge in [-0.25, -0.2) is 4.98 Å². The number of rotatable bonds is 3. The molecule has 0 fully saturated rings. The van der Waals surface area contributed by atoms with Crippen molar-refractivity contribution in [2.45, 2.75) is 6.36 Å². The molecule has 0 atom stereocenters. The molecule has 0 unspecified atom stereocenters. The third-order valence-electron chi connectivity index (χ3n) is 2.33. The lowest BCUT2D eigenvalue weighted by Gasteiger charge is -2.09. The van der Waals surface area contributed by atoms with Gasteiger partial charge >= 0.3 is 6.36 Å². The minimum absolute atomic E-state index is 0.178. The second kappa shape index (κ2) is 6.01. The molecule has 0 radical (unpaired) electrons. The van der Waals surface area contributed by atoms with E-state index in [1.807, 2.05) is 0 Å². The first kappa shape index (κ1) is 15.1. The van der Waals surface area contributed by atoms with Gasteiger partial charge in [0.25, 0.3) is 5.91 Å². The average molecular weight is 317 g/mol. The molecule has 0 aliphatic heterocycles. The number of carbonyl (C=O) groups is 1. The number of aromatic nitrogens is 1. The highest BCUT2D eigenvalue weighted by Crippen LogP contribution is 2.23. The zero-order valence-electron chi connectivity index (χ0n) is 10.3. The predicted molar refractivity (Wildman–Crippen MR) is 70.3 cm³/mol. The molecule has 1 amide bonds. The van der Waals surface area contributed by atoms with Gasteiger partial charge in [0.1, 0.15) is 10.9 Å². The molecule has 8 heteroatoms. The van der Waals surface area contributed by atoms with Crippen LogP contribution in [0.15, 0.2) is 42.6 Å². The van der Waals surface area contributed by atoms with Gasteiger partial charge in [-0.05, 0) is 36.4 Å². The van der Waals surface area contributed by atoms with Crippen LogP contribution in [0.1, 0.15) is 10.4 Å². The first-order valence-electron chi connectivity index (χ1n) is 5.62. The maximum absolute atomic E-state index is 12.0. The number of halogens is 4. The Kier molecular flexibility index (Phi) is 4.32. The minimum Gasteiger partial charge on any atom is -0.406 e. The van der Waals surface area contributed by atoms with Gasteiger partial charge in [-0.3, -0.25) is 4.79 Å². The van der Waals surface area contributed by atoms with Gasteiger partial charge in [0.05, 0.1) is 0 Å². The number of benzene rings is 1. The van der Waals surface area contributed by atoms with Crippen LogP contribution in [0, 0.1) is 0 Å². The van der Waals surface area contributed by atoms with Crippen LogP contribution in [0.5, 0.6) is 5.75 Å². The summed E-state index contributed by atoms with van der Waals surface area (Å²) in [7, 11) is 0. The van der Waals surface area contributed by atoms with E-state index < -0.39 is 18.0 Å². The SMILES string of the molecule is O=C(Nc1ccnc(Cl)c1)c1ccc(OC(F)(F)F)cc1. The summed E-state index contributed by atoms with van der Waals surface area (Å²) in [6.45, 7) is 0. The number of carbonyl (C=O) groups excluding carboxylic acids is 1. The highest BCUT2D eigenvalue weighted by atomic mass is 35.5. The first-order chi connectivity index (χ1) is 9.83. The average Bonchev–Trinajstić information content (AvgIpc) is 2.37. The highest BCUT2D eigenvalue weighted by molar-refractivity contribution is 6.29. The molecule has 1 N–H and O–H groups in total. The molecule has 0 bridgehead atoms. The molecule has 2 rings (SSSR count). The summed E-state index contributed by atoms with van der Waals surface area (Å²) in [5.74, 6) is -0.887. The second-order valence-electron chi connectivity index (χ2n) is 3.89. The van der Waals surface area contributed by atoms with Gasteiger partial charge in [-0.2, -0.15) is 0 Å². The van der Waals surface area contributed by atoms with E-state index in [4.69, 9.17) is 11.6 Å². The van der Waals surface area contributed by atoms with Crippen LogP contribution in [0.2, 0.25) is 5.15 Å². The number of pyridine rings is 1. The predicted octanol–water partition coefficient (Wildman–Crippen LogP) is 3.89. The topological polar surface area (TPSA) is 51.2 Å². The molecule has 0 saturated heterocycles. The van der Waals surface area contributed by atoms with E-state index in [-0.39, 0.29) is 10.7 Å². The van der Waals surface area contributed by atoms with Crippen LogP contribution in [-0.2, 0) is 0 Å². The Balaban J connectivity index is 2.06. The number of nitrogens with one attached hydrogen (secondary N) is 1. The lowest BCUT2D eigenvalue weighted by atomic mass is 10.2. The third-order valence-corrected chi connectivity index (χ3v) is 2.54. The van der Waals surface area contributed by atoms with Gasteiger partial charge in [0.2, 0.25) is 0 Å². The molecule has 0 aliphatic carbocycles. The molecule has 0 aliphatic rings. The number of hydrogen-bond donors (Lipinski definition) is 1. The molecule has 1 aromatic carbocycles. The summed E-state index contributed by atoms with van der Waals surface area (Å²) >= 11 is 5.67. The Morgan fingerprint density at radius 1 is 1.19 bits per heavy atom. The Labute approximate surface area is 122 Å². The van der Waals surface area contributed by atoms with Crippen molar-refractivity contribution in [2.75, 3.05) is 5.32 Å². The fourth-order valence-electron chi connectivity index (χ4n) is 1.49. The van der Waals surface area contributed by atoms with Crippen LogP contribution in [0.3, 0.4) is 0 Å². The van der Waals surface area contributed by atoms with Crippen molar-refractivity contribution >= 4 is 23.2 Å². The molecule has 21 heavy (non-hydrogen) atoms. The molecule has 1 heterocycles. The van der Waals surface area contributed by atoms with E-state index in [0.29, 0.717) is 5.69 Å². The number of hydrogen-bond acceptors (Lipinski definition) is 3. The number of amides is 1. The minimum atomic E-state index is -4.77. The smallest absolute Gasteiger partial charge is 0.406 e. The maximum Gasteiger partial charge on any atom is 0.573 e. The molecule has 2 aromatic rings. The largest absolute Gasteiger partial charge is 0.573 e. The Hall–Kier alpha value is -2.28. The molecule has 110 valence electrons. The van der Waals surface area contributed by atoms with E-state index >= 15 is 0 Å². The van der Waals surface area contributed by atoms with Crippen LogP contribution >= 0.6 is 11.6 Å². The quantitative estimate of drug-likeness (QED) is 0.874. The molecule has 4 nitrogen and oxygen atoms in total. The van der Waals surface area contributed by atoms with E-state index in [1.54, 1.807) is 0 Å². The third kappa shape index (κ3) is 4.64. The zero-order chi connectivity index (χ0) is 15.5. The van der Waals surface area contributed by atoms with Gasteiger partial charge < -0.3 is 10.1 Å². The summed E-state index contributed by atoms with van der Waals surface area (Å²) < 4.78 is 39.7. The monoisotopic (exact) mass is 316 g/mol. The molecule has 0 spiro atoms. The van der Waals surface area contributed by atoms with Crippen LogP contribution in [0.4, 0.5) is 18.9 Å². The van der Waals surface area contributed by atoms with Crippen molar-refractivity contribution in [3.63, 3.8) is 0 Å². The van der Waals surface area contributed by atoms with E-state index in [0.717, 1.165) is 12.1 Å². The highest BCUT2D eigenvalue weighted by Gasteiger charge is 2.31. The summed E-state index contributed by atoms with van der Waals surface area (Å²) in [5, 5.41) is 2.75. The Morgan fingerprint density at radius 3 is 2.43 bits per heavy atom. The van der Waals surface area contributed by atoms with Gasteiger partial charge in [0, 0.05) is 17.4 Å². The lowest BCUT2D eigenvalue weighted by molar-refractivity contribution is -0.274. The first-order valence-corrected chi connectivity index (χ1v) is 6.00. The second-order valence-corrected chi connectivity index (χ2v) is 4.28. The van der Waals surface area contributed by atoms with E-state index in [1.165, 1.54) is 30.5 Å². The zero-order valence-corrected chi connectivity index (χ0v) is 11.1. The molecular formula is C13H8ClF3N2O2. The number of alkyl halides is 3. The maximum atomic E-state index is 12.0. The standard InChI is InChI=1S/C13H8ClF3N2O2/c14-11-7-9(5-6-18-11)19-12(20)8-1-3-10(4-2-8)21-13(15,16)17/h1-7H,(H,18,19,20). The molecular weight excluding hydrogens is 309 g/mol. The van der Waals surface area contributed by atoms with Crippen molar-refractivity contribution in [3.05, 3.63) is 53.3 Å². The number of anilines is 1. The van der Waals surface area contributed by atoms with Crippen molar-refractivity contribution in [3.8, 4) is 5.75 Å². The number of ether oxygens (including phenoxy) is 1. The summed E-state index contributed by atoms with van der Waals surface area (Å²) in [5.41, 5.74) is 0.605. The summed E-state index contributed by atoms with van der Waals surface area (Å²) in [4.78, 5) is 15.6. The van der Waals surface area contributed by atoms with Crippen molar-refractivity contribution < 1.29 is 22.7 Å². The molecule has 0 saturated carbocycles. The Bertz CT molecular complexity index is 645. The Morgan fingerprint density at radius 2 is 1.86 bits per heavy atom. The van der Waals surface area contributed by atoms with Crippen LogP contribution in [-0.4, -0.2) is 17.3 Å². The number of nitrogens with zero attached hydrogens (tertiary/aromatic N) is 1. The van der Waals surface area contributed by atoms with E-state index in [9.17, 15) is 18.0 Å². The van der Waals surface area contributed by atoms with Gasteiger partial charge in [0.15, 0.2) is 0 Å². The van der Waals surface area contributed by atoms with Gasteiger partial charge in [-0.15, -0.1) is 13.2 Å². The van der Waals surface area contributed by atoms with Crippen LogP contribution < -0.4 is 10.1 Å². The summed E-state index contributed by atoms with van der Waals surface area (Å²) in [6, 6.07) is 7.54. The van der Waals surface area contributed by atoms with Crippen molar-refractivity contribution in [2.24, 2.45) is 0 Å². The fraction of sp³-hybridized carbons (Fsp3) is 0.0769. The van der Waals surface area contributed by atoms with Crippen molar-refractivity contribution in [1.29, 1.82) is 0 Å². The van der Waals surface area contributed by atoms with Crippen LogP contribution in [0.25, 0.3) is 0 Å². The van der Waals surface area contributed by atoms with Gasteiger partial charge in [-0.1, -0.05) is 11.6 Å². The normalized spacial score (nSPS) is 11.0. The van der Waals surface area contributed by atoms with E-state index in [2.05, 4.69) is 15.0 Å².